The maximum absolute atomic E-state index is 9.17. The van der Waals surface area contributed by atoms with E-state index < -0.39 is 0 Å². The minimum atomic E-state index is 0.275. The first-order chi connectivity index (χ1) is 12.3. The minimum Gasteiger partial charge on any atom is -0.396 e. The summed E-state index contributed by atoms with van der Waals surface area (Å²) in [6, 6.07) is 10.7. The fourth-order valence-corrected chi connectivity index (χ4v) is 3.70. The summed E-state index contributed by atoms with van der Waals surface area (Å²) in [4.78, 5) is 7.46. The van der Waals surface area contributed by atoms with E-state index in [-0.39, 0.29) is 6.61 Å². The number of aromatic nitrogens is 1. The van der Waals surface area contributed by atoms with Gasteiger partial charge in [-0.2, -0.15) is 0 Å². The number of hydrogen-bond donors (Lipinski definition) is 2. The van der Waals surface area contributed by atoms with Crippen molar-refractivity contribution in [2.75, 3.05) is 31.1 Å². The zero-order valence-corrected chi connectivity index (χ0v) is 15.4. The lowest BCUT2D eigenvalue weighted by Gasteiger charge is -2.30. The molecule has 1 fully saturated rings. The van der Waals surface area contributed by atoms with Crippen molar-refractivity contribution in [1.29, 1.82) is 0 Å². The molecule has 4 heteroatoms. The summed E-state index contributed by atoms with van der Waals surface area (Å²) < 4.78 is 0. The SMILES string of the molecule is CC[C@H](CCO)CNCc1cc2ccccc2nc1N1CCCCC1. The molecule has 2 N–H and O–H groups in total. The van der Waals surface area contributed by atoms with Gasteiger partial charge in [0.15, 0.2) is 0 Å². The van der Waals surface area contributed by atoms with Gasteiger partial charge >= 0.3 is 0 Å². The Labute approximate surface area is 151 Å². The van der Waals surface area contributed by atoms with Gasteiger partial charge in [-0.3, -0.25) is 0 Å². The third-order valence-corrected chi connectivity index (χ3v) is 5.30. The summed E-state index contributed by atoms with van der Waals surface area (Å²) in [7, 11) is 0. The lowest BCUT2D eigenvalue weighted by atomic mass is 10.0. The number of aliphatic hydroxyl groups is 1. The smallest absolute Gasteiger partial charge is 0.133 e. The van der Waals surface area contributed by atoms with Crippen LogP contribution in [0, 0.1) is 5.92 Å². The van der Waals surface area contributed by atoms with E-state index >= 15 is 0 Å². The van der Waals surface area contributed by atoms with Crippen LogP contribution in [0.1, 0.15) is 44.6 Å². The minimum absolute atomic E-state index is 0.275. The molecule has 1 aliphatic heterocycles. The Kier molecular flexibility index (Phi) is 6.65. The summed E-state index contributed by atoms with van der Waals surface area (Å²) in [5.41, 5.74) is 2.37. The molecule has 0 bridgehead atoms. The quantitative estimate of drug-likeness (QED) is 0.768. The molecule has 1 aromatic heterocycles. The fraction of sp³-hybridized carbons (Fsp3) is 0.571. The molecule has 0 unspecified atom stereocenters. The Balaban J connectivity index is 1.78. The van der Waals surface area contributed by atoms with Crippen molar-refractivity contribution in [2.45, 2.75) is 45.6 Å². The number of piperidine rings is 1. The number of pyridine rings is 1. The highest BCUT2D eigenvalue weighted by Crippen LogP contribution is 2.26. The molecule has 0 radical (unpaired) electrons. The van der Waals surface area contributed by atoms with Crippen LogP contribution in [0.5, 0.6) is 0 Å². The van der Waals surface area contributed by atoms with E-state index in [0.29, 0.717) is 5.92 Å². The number of para-hydroxylation sites is 1. The Morgan fingerprint density at radius 3 is 2.76 bits per heavy atom. The highest BCUT2D eigenvalue weighted by atomic mass is 16.3. The molecule has 3 rings (SSSR count). The van der Waals surface area contributed by atoms with Crippen LogP contribution in [-0.2, 0) is 6.54 Å². The largest absolute Gasteiger partial charge is 0.396 e. The number of aliphatic hydroxyl groups excluding tert-OH is 1. The highest BCUT2D eigenvalue weighted by molar-refractivity contribution is 5.81. The molecular weight excluding hydrogens is 310 g/mol. The van der Waals surface area contributed by atoms with Gasteiger partial charge in [0.2, 0.25) is 0 Å². The number of fused-ring (bicyclic) bond motifs is 1. The van der Waals surface area contributed by atoms with Crippen molar-refractivity contribution >= 4 is 16.7 Å². The van der Waals surface area contributed by atoms with Crippen LogP contribution < -0.4 is 10.2 Å². The molecule has 1 aromatic carbocycles. The maximum Gasteiger partial charge on any atom is 0.133 e. The van der Waals surface area contributed by atoms with Gasteiger partial charge in [-0.15, -0.1) is 0 Å². The van der Waals surface area contributed by atoms with Gasteiger partial charge in [-0.25, -0.2) is 4.98 Å². The second-order valence-corrected chi connectivity index (χ2v) is 7.13. The second-order valence-electron chi connectivity index (χ2n) is 7.13. The molecular formula is C21H31N3O. The predicted molar refractivity (Wildman–Crippen MR) is 105 cm³/mol. The molecule has 0 aliphatic carbocycles. The van der Waals surface area contributed by atoms with Crippen LogP contribution in [0.2, 0.25) is 0 Å². The van der Waals surface area contributed by atoms with Crippen LogP contribution in [0.4, 0.5) is 5.82 Å². The van der Waals surface area contributed by atoms with Crippen LogP contribution in [-0.4, -0.2) is 36.3 Å². The maximum atomic E-state index is 9.17. The van der Waals surface area contributed by atoms with Crippen molar-refractivity contribution in [1.82, 2.24) is 10.3 Å². The standard InChI is InChI=1S/C21H31N3O/c1-2-17(10-13-25)15-22-16-19-14-18-8-4-5-9-20(18)23-21(19)24-11-6-3-7-12-24/h4-5,8-9,14,17,22,25H,2-3,6-7,10-13,15-16H2,1H3/t17-/m1/s1. The van der Waals surface area contributed by atoms with E-state index in [4.69, 9.17) is 4.98 Å². The van der Waals surface area contributed by atoms with Crippen molar-refractivity contribution < 1.29 is 5.11 Å². The first-order valence-corrected chi connectivity index (χ1v) is 9.77. The first kappa shape index (κ1) is 18.2. The zero-order chi connectivity index (χ0) is 17.5. The summed E-state index contributed by atoms with van der Waals surface area (Å²) >= 11 is 0. The molecule has 0 amide bonds. The summed E-state index contributed by atoms with van der Waals surface area (Å²) in [5.74, 6) is 1.69. The van der Waals surface area contributed by atoms with E-state index in [2.05, 4.69) is 47.5 Å². The fourth-order valence-electron chi connectivity index (χ4n) is 3.70. The van der Waals surface area contributed by atoms with E-state index in [9.17, 15) is 5.11 Å². The van der Waals surface area contributed by atoms with Crippen molar-refractivity contribution in [3.63, 3.8) is 0 Å². The third-order valence-electron chi connectivity index (χ3n) is 5.30. The molecule has 0 saturated carbocycles. The van der Waals surface area contributed by atoms with E-state index in [1.165, 1.54) is 30.2 Å². The summed E-state index contributed by atoms with van der Waals surface area (Å²) in [6.45, 7) is 6.48. The Bertz CT molecular complexity index is 667. The number of nitrogens with one attached hydrogen (secondary N) is 1. The number of hydrogen-bond acceptors (Lipinski definition) is 4. The second kappa shape index (κ2) is 9.16. The molecule has 1 saturated heterocycles. The lowest BCUT2D eigenvalue weighted by molar-refractivity contribution is 0.251. The Morgan fingerprint density at radius 1 is 1.20 bits per heavy atom. The van der Waals surface area contributed by atoms with Crippen LogP contribution in [0.25, 0.3) is 10.9 Å². The normalized spacial score (nSPS) is 16.3. The molecule has 1 aliphatic rings. The Morgan fingerprint density at radius 2 is 2.00 bits per heavy atom. The summed E-state index contributed by atoms with van der Waals surface area (Å²) in [5, 5.41) is 14.0. The van der Waals surface area contributed by atoms with Gasteiger partial charge in [0, 0.05) is 37.2 Å². The number of nitrogens with zero attached hydrogens (tertiary/aromatic N) is 2. The van der Waals surface area contributed by atoms with E-state index in [0.717, 1.165) is 50.4 Å². The monoisotopic (exact) mass is 341 g/mol. The van der Waals surface area contributed by atoms with Gasteiger partial charge in [0.25, 0.3) is 0 Å². The third kappa shape index (κ3) is 4.71. The molecule has 2 heterocycles. The van der Waals surface area contributed by atoms with Crippen molar-refractivity contribution in [3.8, 4) is 0 Å². The number of anilines is 1. The average molecular weight is 341 g/mol. The molecule has 25 heavy (non-hydrogen) atoms. The topological polar surface area (TPSA) is 48.4 Å². The molecule has 136 valence electrons. The molecule has 1 atom stereocenters. The number of rotatable bonds is 8. The molecule has 2 aromatic rings. The van der Waals surface area contributed by atoms with Gasteiger partial charge in [0.1, 0.15) is 5.82 Å². The van der Waals surface area contributed by atoms with Crippen LogP contribution in [0.15, 0.2) is 30.3 Å². The lowest BCUT2D eigenvalue weighted by Crippen LogP contribution is -2.32. The predicted octanol–water partition coefficient (Wildman–Crippen LogP) is 3.72. The zero-order valence-electron chi connectivity index (χ0n) is 15.4. The van der Waals surface area contributed by atoms with Crippen LogP contribution >= 0.6 is 0 Å². The first-order valence-electron chi connectivity index (χ1n) is 9.77. The molecule has 0 spiro atoms. The van der Waals surface area contributed by atoms with Gasteiger partial charge in [0.05, 0.1) is 5.52 Å². The number of benzene rings is 1. The Hall–Kier alpha value is -1.65. The van der Waals surface area contributed by atoms with Crippen LogP contribution in [0.3, 0.4) is 0 Å². The van der Waals surface area contributed by atoms with E-state index in [1.54, 1.807) is 0 Å². The average Bonchev–Trinajstić information content (AvgIpc) is 2.67. The van der Waals surface area contributed by atoms with Crippen molar-refractivity contribution in [3.05, 3.63) is 35.9 Å². The van der Waals surface area contributed by atoms with Gasteiger partial charge in [-0.05, 0) is 50.3 Å². The van der Waals surface area contributed by atoms with E-state index in [1.807, 2.05) is 0 Å². The van der Waals surface area contributed by atoms with Gasteiger partial charge < -0.3 is 15.3 Å². The van der Waals surface area contributed by atoms with Crippen molar-refractivity contribution in [2.24, 2.45) is 5.92 Å². The highest BCUT2D eigenvalue weighted by Gasteiger charge is 2.17. The summed E-state index contributed by atoms with van der Waals surface area (Å²) in [6.07, 6.45) is 5.82. The molecule has 4 nitrogen and oxygen atoms in total. The van der Waals surface area contributed by atoms with Gasteiger partial charge in [-0.1, -0.05) is 31.5 Å².